The number of aliphatic hydroxyl groups is 3. The predicted octanol–water partition coefficient (Wildman–Crippen LogP) is 0.819. The number of hydrogen-bond acceptors (Lipinski definition) is 13. The molecule has 7 fully saturated rings. The number of piperidine rings is 1. The second-order valence-electron chi connectivity index (χ2n) is 16.0. The zero-order valence-electron chi connectivity index (χ0n) is 29.9. The van der Waals surface area contributed by atoms with E-state index in [2.05, 4.69) is 0 Å². The lowest BCUT2D eigenvalue weighted by atomic mass is 9.42. The first-order valence-corrected chi connectivity index (χ1v) is 18.0. The number of rotatable bonds is 8. The minimum absolute atomic E-state index is 0.0254. The van der Waals surface area contributed by atoms with Crippen molar-refractivity contribution in [3.8, 4) is 0 Å². The van der Waals surface area contributed by atoms with Crippen molar-refractivity contribution in [3.63, 3.8) is 0 Å². The Hall–Kier alpha value is -2.98. The van der Waals surface area contributed by atoms with E-state index in [1.807, 2.05) is 11.8 Å². The first kappa shape index (κ1) is 35.1. The van der Waals surface area contributed by atoms with Gasteiger partial charge in [-0.3, -0.25) is 19.3 Å². The average Bonchev–Trinajstić information content (AvgIpc) is 3.57. The van der Waals surface area contributed by atoms with Crippen LogP contribution in [0.3, 0.4) is 0 Å². The summed E-state index contributed by atoms with van der Waals surface area (Å²) < 4.78 is 31.2. The van der Waals surface area contributed by atoms with Crippen LogP contribution in [0, 0.1) is 29.1 Å². The summed E-state index contributed by atoms with van der Waals surface area (Å²) in [6, 6.07) is 5.42. The molecule has 0 unspecified atom stereocenters. The standard InChI is InChI=1S/C37H48N2O12/c1-7-38-17-33(51-31(43)20-10-8-9-11-22(20)39-25(41)14-18(2)30(39)42)13-12-24(48-5)36-28(33)29(49-6)37(46,32(36)38)35(45)16-23(47-4)21-15-34(36,44)27(35)26(21)50-19(3)40/h8-11,18,21,23-24,26-29,32,44-46H,7,12-17H2,1-6H3/t18-,21+,23-,24-,26-,27-,28+,29-,32-,33+,34-,35+,36+,37+/m0/s1. The first-order chi connectivity index (χ1) is 24.2. The lowest BCUT2D eigenvalue weighted by molar-refractivity contribution is -0.359. The summed E-state index contributed by atoms with van der Waals surface area (Å²) in [7, 11) is 4.49. The molecule has 3 N–H and O–H groups in total. The number of benzene rings is 1. The molecule has 8 rings (SSSR count). The van der Waals surface area contributed by atoms with E-state index < -0.39 is 106 Å². The molecule has 278 valence electrons. The normalized spacial score (nSPS) is 47.9. The number of ether oxygens (including phenoxy) is 5. The second kappa shape index (κ2) is 11.3. The molecule has 51 heavy (non-hydrogen) atoms. The number of anilines is 1. The van der Waals surface area contributed by atoms with Gasteiger partial charge in [0.05, 0.1) is 52.5 Å². The number of methoxy groups -OCH3 is 3. The fourth-order valence-corrected chi connectivity index (χ4v) is 12.9. The summed E-state index contributed by atoms with van der Waals surface area (Å²) in [4.78, 5) is 56.3. The van der Waals surface area contributed by atoms with Gasteiger partial charge in [-0.05, 0) is 37.9 Å². The zero-order chi connectivity index (χ0) is 36.6. The molecule has 1 aromatic rings. The highest BCUT2D eigenvalue weighted by Gasteiger charge is 2.96. The largest absolute Gasteiger partial charge is 0.462 e. The monoisotopic (exact) mass is 712 g/mol. The van der Waals surface area contributed by atoms with Crippen LogP contribution >= 0.6 is 0 Å². The van der Waals surface area contributed by atoms with E-state index in [0.717, 1.165) is 4.90 Å². The van der Waals surface area contributed by atoms with Crippen molar-refractivity contribution in [2.75, 3.05) is 39.3 Å². The third kappa shape index (κ3) is 3.92. The smallest absolute Gasteiger partial charge is 0.340 e. The number of carbonyl (C=O) groups is 4. The van der Waals surface area contributed by atoms with Gasteiger partial charge in [0.15, 0.2) is 0 Å². The van der Waals surface area contributed by atoms with Crippen molar-refractivity contribution in [2.45, 2.75) is 106 Å². The number of likely N-dealkylation sites (N-methyl/N-ethyl adjacent to an activating group) is 1. The highest BCUT2D eigenvalue weighted by molar-refractivity contribution is 6.22. The molecule has 1 spiro atoms. The van der Waals surface area contributed by atoms with Crippen molar-refractivity contribution in [1.82, 2.24) is 4.90 Å². The van der Waals surface area contributed by atoms with Gasteiger partial charge in [-0.25, -0.2) is 9.69 Å². The predicted molar refractivity (Wildman–Crippen MR) is 176 cm³/mol. The summed E-state index contributed by atoms with van der Waals surface area (Å²) in [5.74, 6) is -5.28. The summed E-state index contributed by atoms with van der Waals surface area (Å²) in [6.07, 6.45) is -2.91. The van der Waals surface area contributed by atoms with E-state index >= 15 is 0 Å². The summed E-state index contributed by atoms with van der Waals surface area (Å²) in [6.45, 7) is 5.34. The Morgan fingerprint density at radius 2 is 1.71 bits per heavy atom. The molecule has 0 aromatic heterocycles. The summed E-state index contributed by atoms with van der Waals surface area (Å²) >= 11 is 0. The van der Waals surface area contributed by atoms with Crippen LogP contribution in [0.5, 0.6) is 0 Å². The quantitative estimate of drug-likeness (QED) is 0.255. The fourth-order valence-electron chi connectivity index (χ4n) is 12.9. The highest BCUT2D eigenvalue weighted by atomic mass is 16.6. The van der Waals surface area contributed by atoms with E-state index in [0.29, 0.717) is 13.0 Å². The zero-order valence-corrected chi connectivity index (χ0v) is 29.9. The minimum atomic E-state index is -2.08. The first-order valence-electron chi connectivity index (χ1n) is 18.0. The third-order valence-corrected chi connectivity index (χ3v) is 14.2. The molecule has 14 heteroatoms. The maximum Gasteiger partial charge on any atom is 0.340 e. The van der Waals surface area contributed by atoms with Crippen LogP contribution in [0.4, 0.5) is 5.69 Å². The van der Waals surface area contributed by atoms with E-state index in [9.17, 15) is 34.5 Å². The van der Waals surface area contributed by atoms with Crippen LogP contribution in [0.15, 0.2) is 24.3 Å². The van der Waals surface area contributed by atoms with Crippen LogP contribution in [-0.2, 0) is 38.1 Å². The van der Waals surface area contributed by atoms with Gasteiger partial charge in [0.25, 0.3) is 0 Å². The molecular weight excluding hydrogens is 664 g/mol. The average molecular weight is 713 g/mol. The molecule has 7 aliphatic rings. The van der Waals surface area contributed by atoms with Gasteiger partial charge in [0.2, 0.25) is 11.8 Å². The number of likely N-dealkylation sites (tertiary alicyclic amines) is 1. The van der Waals surface area contributed by atoms with Crippen molar-refractivity contribution in [3.05, 3.63) is 29.8 Å². The number of esters is 2. The van der Waals surface area contributed by atoms with Gasteiger partial charge in [-0.15, -0.1) is 0 Å². The Bertz CT molecular complexity index is 1690. The van der Waals surface area contributed by atoms with Crippen molar-refractivity contribution >= 4 is 29.4 Å². The molecule has 2 saturated heterocycles. The van der Waals surface area contributed by atoms with Crippen LogP contribution < -0.4 is 4.90 Å². The van der Waals surface area contributed by atoms with Gasteiger partial charge in [0.1, 0.15) is 22.9 Å². The van der Waals surface area contributed by atoms with E-state index in [4.69, 9.17) is 23.7 Å². The molecule has 2 aliphatic heterocycles. The molecule has 2 heterocycles. The molecule has 5 aliphatic carbocycles. The van der Waals surface area contributed by atoms with E-state index in [1.54, 1.807) is 32.2 Å². The number of hydrogen-bond donors (Lipinski definition) is 3. The van der Waals surface area contributed by atoms with Gasteiger partial charge in [0, 0.05) is 65.4 Å². The van der Waals surface area contributed by atoms with E-state index in [-0.39, 0.29) is 43.5 Å². The minimum Gasteiger partial charge on any atom is -0.462 e. The topological polar surface area (TPSA) is 182 Å². The Balaban J connectivity index is 1.33. The molecule has 7 bridgehead atoms. The number of fused-ring (bicyclic) bond motifs is 2. The Kier molecular flexibility index (Phi) is 7.75. The summed E-state index contributed by atoms with van der Waals surface area (Å²) in [5.41, 5.74) is -8.61. The number of amides is 2. The maximum absolute atomic E-state index is 14.6. The number of para-hydroxylation sites is 1. The summed E-state index contributed by atoms with van der Waals surface area (Å²) in [5, 5.41) is 40.3. The molecule has 0 radical (unpaired) electrons. The molecule has 5 saturated carbocycles. The van der Waals surface area contributed by atoms with Gasteiger partial charge in [-0.2, -0.15) is 0 Å². The molecule has 14 nitrogen and oxygen atoms in total. The Morgan fingerprint density at radius 1 is 0.980 bits per heavy atom. The van der Waals surface area contributed by atoms with Crippen molar-refractivity contribution in [1.29, 1.82) is 0 Å². The lowest BCUT2D eigenvalue weighted by Crippen LogP contribution is -2.87. The van der Waals surface area contributed by atoms with Crippen LogP contribution in [0.2, 0.25) is 0 Å². The van der Waals surface area contributed by atoms with Crippen LogP contribution in [0.1, 0.15) is 63.2 Å². The SMILES string of the molecule is CCN1C[C@]2(OC(=O)c3ccccc3N3C(=O)C[C@H](C)C3=O)CC[C@H](OC)[C@@]34[C@@H]2[C@H](OC)[C@@](O)([C@@H]13)[C@@]1(O)C[C@H](OC)[C@H]2C[C@]4(O)[C@@H]1[C@H]2OC(C)=O. The van der Waals surface area contributed by atoms with Gasteiger partial charge < -0.3 is 39.0 Å². The Labute approximate surface area is 296 Å². The fraction of sp³-hybridized carbons (Fsp3) is 0.730. The molecule has 14 atom stereocenters. The van der Waals surface area contributed by atoms with Crippen molar-refractivity contribution < 1.29 is 58.2 Å². The van der Waals surface area contributed by atoms with Crippen LogP contribution in [0.25, 0.3) is 0 Å². The van der Waals surface area contributed by atoms with Gasteiger partial charge >= 0.3 is 11.9 Å². The second-order valence-corrected chi connectivity index (χ2v) is 16.0. The number of nitrogens with zero attached hydrogens (tertiary/aromatic N) is 2. The van der Waals surface area contributed by atoms with Crippen LogP contribution in [-0.4, -0.2) is 131 Å². The molecular formula is C37H48N2O12. The van der Waals surface area contributed by atoms with Crippen molar-refractivity contribution in [2.24, 2.45) is 29.1 Å². The highest BCUT2D eigenvalue weighted by Crippen LogP contribution is 2.81. The maximum atomic E-state index is 14.6. The Morgan fingerprint density at radius 3 is 2.31 bits per heavy atom. The number of carbonyl (C=O) groups excluding carboxylic acids is 4. The lowest BCUT2D eigenvalue weighted by Gasteiger charge is -2.71. The molecule has 1 aromatic carbocycles. The third-order valence-electron chi connectivity index (χ3n) is 14.2. The van der Waals surface area contributed by atoms with Gasteiger partial charge in [-0.1, -0.05) is 26.0 Å². The number of imide groups is 1. The molecule has 2 amide bonds. The van der Waals surface area contributed by atoms with E-state index in [1.165, 1.54) is 27.2 Å².